The molecular weight excluding hydrogens is 554 g/mol. The van der Waals surface area contributed by atoms with E-state index in [2.05, 4.69) is 16.7 Å². The number of fused-ring (bicyclic) bond motifs is 1. The lowest BCUT2D eigenvalue weighted by Crippen LogP contribution is -2.56. The standard InChI is InChI=1S/C36H41N3O5/c40-33(37-26-16-18-28(19-17-26)43-27-14-8-3-9-15-27)30-29-20-22-36(44-29)31(30)35(42)39(23-21-24-10-4-1-5-11-24)32(36)34(41)38-25-12-6-2-7-13-25/h3,8-10,14-20,22,25,29-32H,1-2,4-7,11-13,21,23H2,(H,37,40)(H,38,41)/t29-,30+,31-,32-,36-/m1/s1. The van der Waals surface area contributed by atoms with Gasteiger partial charge < -0.3 is 25.0 Å². The van der Waals surface area contributed by atoms with Crippen LogP contribution in [0.4, 0.5) is 5.69 Å². The highest BCUT2D eigenvalue weighted by Crippen LogP contribution is 2.55. The van der Waals surface area contributed by atoms with Crippen LogP contribution < -0.4 is 15.4 Å². The average Bonchev–Trinajstić information content (AvgIpc) is 3.69. The first-order valence-electron chi connectivity index (χ1n) is 16.3. The highest BCUT2D eigenvalue weighted by Gasteiger charge is 2.72. The van der Waals surface area contributed by atoms with Crippen molar-refractivity contribution in [1.29, 1.82) is 0 Å². The van der Waals surface area contributed by atoms with Crippen molar-refractivity contribution >= 4 is 23.4 Å². The summed E-state index contributed by atoms with van der Waals surface area (Å²) >= 11 is 0. The second-order valence-corrected chi connectivity index (χ2v) is 12.9. The molecule has 7 rings (SSSR count). The molecule has 1 saturated carbocycles. The molecule has 3 fully saturated rings. The summed E-state index contributed by atoms with van der Waals surface area (Å²) in [7, 11) is 0. The number of hydrogen-bond acceptors (Lipinski definition) is 5. The van der Waals surface area contributed by atoms with Crippen molar-refractivity contribution in [2.45, 2.75) is 88.0 Å². The van der Waals surface area contributed by atoms with E-state index in [1.165, 1.54) is 18.4 Å². The predicted molar refractivity (Wildman–Crippen MR) is 167 cm³/mol. The summed E-state index contributed by atoms with van der Waals surface area (Å²) in [5.74, 6) is -0.695. The molecule has 8 heteroatoms. The largest absolute Gasteiger partial charge is 0.457 e. The van der Waals surface area contributed by atoms with E-state index in [4.69, 9.17) is 9.47 Å². The van der Waals surface area contributed by atoms with Crippen molar-refractivity contribution < 1.29 is 23.9 Å². The van der Waals surface area contributed by atoms with Crippen LogP contribution in [0.15, 0.2) is 78.4 Å². The molecule has 0 radical (unpaired) electrons. The predicted octanol–water partition coefficient (Wildman–Crippen LogP) is 5.91. The van der Waals surface area contributed by atoms with E-state index < -0.39 is 29.6 Å². The second kappa shape index (κ2) is 12.2. The van der Waals surface area contributed by atoms with Crippen molar-refractivity contribution in [2.75, 3.05) is 11.9 Å². The molecular formula is C36H41N3O5. The van der Waals surface area contributed by atoms with Gasteiger partial charge in [0.15, 0.2) is 0 Å². The number of nitrogens with one attached hydrogen (secondary N) is 2. The molecule has 44 heavy (non-hydrogen) atoms. The zero-order valence-electron chi connectivity index (χ0n) is 25.1. The number of ether oxygens (including phenoxy) is 2. The van der Waals surface area contributed by atoms with Crippen LogP contribution in [0.25, 0.3) is 0 Å². The van der Waals surface area contributed by atoms with E-state index in [9.17, 15) is 14.4 Å². The third-order valence-electron chi connectivity index (χ3n) is 10.0. The van der Waals surface area contributed by atoms with Crippen molar-refractivity contribution in [3.8, 4) is 11.5 Å². The summed E-state index contributed by atoms with van der Waals surface area (Å²) in [4.78, 5) is 43.8. The number of hydrogen-bond donors (Lipinski definition) is 2. The molecule has 3 heterocycles. The van der Waals surface area contributed by atoms with Gasteiger partial charge in [0.25, 0.3) is 0 Å². The van der Waals surface area contributed by atoms with Gasteiger partial charge in [0.1, 0.15) is 23.1 Å². The topological polar surface area (TPSA) is 97.0 Å². The Morgan fingerprint density at radius 3 is 2.45 bits per heavy atom. The van der Waals surface area contributed by atoms with Gasteiger partial charge in [-0.25, -0.2) is 0 Å². The fourth-order valence-corrected chi connectivity index (χ4v) is 7.89. The van der Waals surface area contributed by atoms with Crippen molar-refractivity contribution in [2.24, 2.45) is 11.8 Å². The lowest BCUT2D eigenvalue weighted by molar-refractivity contribution is -0.141. The first kappa shape index (κ1) is 28.8. The number of benzene rings is 2. The van der Waals surface area contributed by atoms with Crippen LogP contribution in [0.3, 0.4) is 0 Å². The molecule has 0 aromatic heterocycles. The molecule has 2 saturated heterocycles. The lowest BCUT2D eigenvalue weighted by atomic mass is 9.74. The van der Waals surface area contributed by atoms with Crippen LogP contribution in [0.2, 0.25) is 0 Å². The molecule has 230 valence electrons. The minimum Gasteiger partial charge on any atom is -0.457 e. The van der Waals surface area contributed by atoms with Gasteiger partial charge in [0.05, 0.1) is 17.9 Å². The Morgan fingerprint density at radius 1 is 0.932 bits per heavy atom. The van der Waals surface area contributed by atoms with Gasteiger partial charge in [0.2, 0.25) is 17.7 Å². The maximum atomic E-state index is 14.3. The minimum atomic E-state index is -1.14. The van der Waals surface area contributed by atoms with E-state index in [1.54, 1.807) is 29.2 Å². The third-order valence-corrected chi connectivity index (χ3v) is 10.0. The molecule has 0 unspecified atom stereocenters. The molecule has 2 aliphatic carbocycles. The number of amides is 3. The molecule has 5 aliphatic rings. The van der Waals surface area contributed by atoms with E-state index >= 15 is 0 Å². The minimum absolute atomic E-state index is 0.111. The van der Waals surface area contributed by atoms with Crippen LogP contribution >= 0.6 is 0 Å². The SMILES string of the molecule is O=C(Nc1ccc(Oc2ccccc2)cc1)[C@H]1[C@H]2C=C[C@@]3(O2)[C@H]1C(=O)N(CCC1=CCCCC1)[C@@H]3C(=O)NC1CCCCC1. The van der Waals surface area contributed by atoms with Gasteiger partial charge in [-0.05, 0) is 81.3 Å². The number of rotatable bonds is 9. The quantitative estimate of drug-likeness (QED) is 0.352. The fraction of sp³-hybridized carbons (Fsp3) is 0.472. The molecule has 8 nitrogen and oxygen atoms in total. The van der Waals surface area contributed by atoms with Crippen LogP contribution in [-0.2, 0) is 19.1 Å². The first-order valence-corrected chi connectivity index (χ1v) is 16.3. The van der Waals surface area contributed by atoms with Gasteiger partial charge in [-0.2, -0.15) is 0 Å². The number of anilines is 1. The lowest BCUT2D eigenvalue weighted by Gasteiger charge is -2.34. The Morgan fingerprint density at radius 2 is 1.70 bits per heavy atom. The molecule has 3 amide bonds. The average molecular weight is 596 g/mol. The number of para-hydroxylation sites is 1. The summed E-state index contributed by atoms with van der Waals surface area (Å²) in [5.41, 5.74) is 0.811. The van der Waals surface area contributed by atoms with Gasteiger partial charge in [-0.15, -0.1) is 0 Å². The monoisotopic (exact) mass is 595 g/mol. The summed E-state index contributed by atoms with van der Waals surface area (Å²) in [6.45, 7) is 0.449. The fourth-order valence-electron chi connectivity index (χ4n) is 7.89. The van der Waals surface area contributed by atoms with E-state index in [1.807, 2.05) is 42.5 Å². The Balaban J connectivity index is 1.10. The second-order valence-electron chi connectivity index (χ2n) is 12.9. The summed E-state index contributed by atoms with van der Waals surface area (Å²) in [5, 5.41) is 6.28. The molecule has 3 aliphatic heterocycles. The van der Waals surface area contributed by atoms with Crippen molar-refractivity contribution in [1.82, 2.24) is 10.2 Å². The highest BCUT2D eigenvalue weighted by molar-refractivity contribution is 6.02. The van der Waals surface area contributed by atoms with Crippen molar-refractivity contribution in [3.05, 3.63) is 78.4 Å². The van der Waals surface area contributed by atoms with Gasteiger partial charge in [-0.3, -0.25) is 14.4 Å². The van der Waals surface area contributed by atoms with Crippen LogP contribution in [0.5, 0.6) is 11.5 Å². The smallest absolute Gasteiger partial charge is 0.246 e. The molecule has 2 aromatic rings. The van der Waals surface area contributed by atoms with E-state index in [0.29, 0.717) is 18.0 Å². The third kappa shape index (κ3) is 5.45. The Kier molecular flexibility index (Phi) is 8.02. The molecule has 2 N–H and O–H groups in total. The molecule has 2 bridgehead atoms. The van der Waals surface area contributed by atoms with Crippen LogP contribution in [-0.4, -0.2) is 53.0 Å². The van der Waals surface area contributed by atoms with Gasteiger partial charge in [-0.1, -0.05) is 61.3 Å². The Bertz CT molecular complexity index is 1450. The molecule has 2 aromatic carbocycles. The maximum Gasteiger partial charge on any atom is 0.246 e. The van der Waals surface area contributed by atoms with E-state index in [-0.39, 0.29) is 23.8 Å². The molecule has 5 atom stereocenters. The van der Waals surface area contributed by atoms with E-state index in [0.717, 1.165) is 57.1 Å². The van der Waals surface area contributed by atoms with Gasteiger partial charge >= 0.3 is 0 Å². The summed E-state index contributed by atoms with van der Waals surface area (Å²) < 4.78 is 12.4. The van der Waals surface area contributed by atoms with Crippen LogP contribution in [0, 0.1) is 11.8 Å². The maximum absolute atomic E-state index is 14.3. The normalized spacial score (nSPS) is 29.3. The number of carbonyl (C=O) groups excluding carboxylic acids is 3. The Labute approximate surface area is 258 Å². The number of allylic oxidation sites excluding steroid dienone is 1. The zero-order valence-corrected chi connectivity index (χ0v) is 25.1. The first-order chi connectivity index (χ1) is 21.5. The Hall–Kier alpha value is -3.91. The number of nitrogens with zero attached hydrogens (tertiary/aromatic N) is 1. The van der Waals surface area contributed by atoms with Crippen LogP contribution in [0.1, 0.15) is 64.2 Å². The van der Waals surface area contributed by atoms with Gasteiger partial charge in [0, 0.05) is 18.3 Å². The highest BCUT2D eigenvalue weighted by atomic mass is 16.5. The van der Waals surface area contributed by atoms with Crippen molar-refractivity contribution in [3.63, 3.8) is 0 Å². The zero-order chi connectivity index (χ0) is 30.1. The number of carbonyl (C=O) groups is 3. The summed E-state index contributed by atoms with van der Waals surface area (Å²) in [6, 6.07) is 16.0. The number of likely N-dealkylation sites (tertiary alicyclic amines) is 1. The molecule has 1 spiro atoms. The summed E-state index contributed by atoms with van der Waals surface area (Å²) in [6.07, 6.45) is 16.0.